The van der Waals surface area contributed by atoms with Crippen LogP contribution in [-0.2, 0) is 4.79 Å². The number of piperidine rings is 2. The lowest BCUT2D eigenvalue weighted by atomic mass is 9.98. The minimum atomic E-state index is -3.08. The van der Waals surface area contributed by atoms with Crippen molar-refractivity contribution in [3.8, 4) is 5.88 Å². The van der Waals surface area contributed by atoms with Crippen LogP contribution in [0.1, 0.15) is 25.7 Å². The lowest BCUT2D eigenvalue weighted by Gasteiger charge is -2.43. The first-order chi connectivity index (χ1) is 11.8. The molecule has 3 heterocycles. The predicted octanol–water partition coefficient (Wildman–Crippen LogP) is 2.96. The van der Waals surface area contributed by atoms with Crippen molar-refractivity contribution in [2.24, 2.45) is 0 Å². The van der Waals surface area contributed by atoms with E-state index in [9.17, 15) is 18.4 Å². The van der Waals surface area contributed by atoms with Crippen LogP contribution in [0.2, 0.25) is 5.02 Å². The average molecular weight is 374 g/mol. The van der Waals surface area contributed by atoms with Gasteiger partial charge in [-0.15, -0.1) is 0 Å². The molecule has 2 saturated heterocycles. The number of ether oxygens (including phenoxy) is 1. The first-order valence-electron chi connectivity index (χ1n) is 8.10. The number of hydrogen-bond donors (Lipinski definition) is 0. The molecule has 0 radical (unpaired) electrons. The first kappa shape index (κ1) is 17.8. The maximum absolute atomic E-state index is 14.1. The molecule has 0 aliphatic carbocycles. The fraction of sp³-hybridized carbons (Fsp3) is 0.562. The number of carbonyl (C=O) groups is 2. The molecule has 3 rings (SSSR count). The summed E-state index contributed by atoms with van der Waals surface area (Å²) in [5.41, 5.74) is 0. The van der Waals surface area contributed by atoms with Crippen molar-refractivity contribution in [1.29, 1.82) is 0 Å². The molecule has 2 amide bonds. The fourth-order valence-electron chi connectivity index (χ4n) is 3.21. The smallest absolute Gasteiger partial charge is 0.391 e. The monoisotopic (exact) mass is 373 g/mol. The molecular weight excluding hydrogens is 356 g/mol. The Balaban J connectivity index is 1.70. The van der Waals surface area contributed by atoms with Crippen molar-refractivity contribution in [2.45, 2.75) is 37.6 Å². The van der Waals surface area contributed by atoms with Crippen molar-refractivity contribution in [3.63, 3.8) is 0 Å². The van der Waals surface area contributed by atoms with Crippen LogP contribution < -0.4 is 4.74 Å². The summed E-state index contributed by atoms with van der Waals surface area (Å²) in [5.74, 6) is -3.23. The summed E-state index contributed by atoms with van der Waals surface area (Å²) in [6.45, 7) is -0.271. The van der Waals surface area contributed by atoms with E-state index >= 15 is 0 Å². The van der Waals surface area contributed by atoms with Crippen molar-refractivity contribution >= 4 is 23.6 Å². The summed E-state index contributed by atoms with van der Waals surface area (Å²) in [7, 11) is 0. The van der Waals surface area contributed by atoms with E-state index < -0.39 is 31.0 Å². The van der Waals surface area contributed by atoms with Gasteiger partial charge < -0.3 is 9.64 Å². The second kappa shape index (κ2) is 7.11. The van der Waals surface area contributed by atoms with Crippen LogP contribution in [0.5, 0.6) is 5.88 Å². The summed E-state index contributed by atoms with van der Waals surface area (Å²) >= 11 is 5.70. The van der Waals surface area contributed by atoms with Gasteiger partial charge in [-0.2, -0.15) is 0 Å². The number of amides is 2. The number of likely N-dealkylation sites (tertiary alicyclic amines) is 2. The summed E-state index contributed by atoms with van der Waals surface area (Å²) in [6.07, 6.45) is 1.86. The highest BCUT2D eigenvalue weighted by atomic mass is 35.5. The SMILES string of the molecule is O=C(Oc1ccc(Cl)cn1)N1CC(N2CCCCC2=O)CC(F)(F)C1. The highest BCUT2D eigenvalue weighted by Gasteiger charge is 2.45. The first-order valence-corrected chi connectivity index (χ1v) is 8.47. The number of halogens is 3. The van der Waals surface area contributed by atoms with E-state index in [2.05, 4.69) is 4.98 Å². The van der Waals surface area contributed by atoms with Gasteiger partial charge >= 0.3 is 6.09 Å². The lowest BCUT2D eigenvalue weighted by Crippen LogP contribution is -2.59. The molecule has 6 nitrogen and oxygen atoms in total. The van der Waals surface area contributed by atoms with E-state index in [0.717, 1.165) is 17.7 Å². The Morgan fingerprint density at radius 2 is 2.16 bits per heavy atom. The Kier molecular flexibility index (Phi) is 5.08. The topological polar surface area (TPSA) is 62.7 Å². The number of rotatable bonds is 2. The number of carbonyl (C=O) groups excluding carboxylic acids is 2. The molecule has 0 saturated carbocycles. The van der Waals surface area contributed by atoms with Gasteiger partial charge in [0, 0.05) is 38.2 Å². The molecule has 0 aromatic carbocycles. The molecule has 1 unspecified atom stereocenters. The number of pyridine rings is 1. The second-order valence-corrected chi connectivity index (χ2v) is 6.76. The van der Waals surface area contributed by atoms with Crippen LogP contribution in [-0.4, -0.2) is 58.4 Å². The van der Waals surface area contributed by atoms with Gasteiger partial charge in [-0.3, -0.25) is 9.69 Å². The third-order valence-corrected chi connectivity index (χ3v) is 4.56. The number of hydrogen-bond acceptors (Lipinski definition) is 4. The number of alkyl halides is 2. The van der Waals surface area contributed by atoms with E-state index in [1.54, 1.807) is 0 Å². The quantitative estimate of drug-likeness (QED) is 0.799. The maximum Gasteiger partial charge on any atom is 0.416 e. The van der Waals surface area contributed by atoms with Gasteiger partial charge in [0.1, 0.15) is 0 Å². The predicted molar refractivity (Wildman–Crippen MR) is 85.8 cm³/mol. The van der Waals surface area contributed by atoms with Gasteiger partial charge in [0.25, 0.3) is 5.92 Å². The minimum absolute atomic E-state index is 0.0195. The zero-order valence-electron chi connectivity index (χ0n) is 13.5. The molecular formula is C16H18ClF2N3O3. The average Bonchev–Trinajstić information content (AvgIpc) is 2.56. The molecule has 1 aromatic rings. The Hall–Kier alpha value is -1.96. The van der Waals surface area contributed by atoms with Gasteiger partial charge in [0.15, 0.2) is 0 Å². The minimum Gasteiger partial charge on any atom is -0.391 e. The molecule has 2 aliphatic heterocycles. The molecule has 25 heavy (non-hydrogen) atoms. The Morgan fingerprint density at radius 1 is 1.36 bits per heavy atom. The number of nitrogens with zero attached hydrogens (tertiary/aromatic N) is 3. The van der Waals surface area contributed by atoms with Gasteiger partial charge in [0.2, 0.25) is 11.8 Å². The highest BCUT2D eigenvalue weighted by Crippen LogP contribution is 2.31. The van der Waals surface area contributed by atoms with E-state index in [4.69, 9.17) is 16.3 Å². The summed E-state index contributed by atoms with van der Waals surface area (Å²) in [6, 6.07) is 2.16. The van der Waals surface area contributed by atoms with Gasteiger partial charge in [-0.1, -0.05) is 11.6 Å². The fourth-order valence-corrected chi connectivity index (χ4v) is 3.32. The number of aromatic nitrogens is 1. The van der Waals surface area contributed by atoms with Crippen LogP contribution in [0.3, 0.4) is 0 Å². The Labute approximate surface area is 148 Å². The molecule has 136 valence electrons. The van der Waals surface area contributed by atoms with E-state index in [0.29, 0.717) is 18.0 Å². The summed E-state index contributed by atoms with van der Waals surface area (Å²) < 4.78 is 33.3. The van der Waals surface area contributed by atoms with E-state index in [1.807, 2.05) is 0 Å². The molecule has 0 bridgehead atoms. The Morgan fingerprint density at radius 3 is 2.84 bits per heavy atom. The van der Waals surface area contributed by atoms with Gasteiger partial charge in [-0.05, 0) is 18.9 Å². The summed E-state index contributed by atoms with van der Waals surface area (Å²) in [5, 5.41) is 0.368. The largest absolute Gasteiger partial charge is 0.416 e. The molecule has 1 aromatic heterocycles. The van der Waals surface area contributed by atoms with Crippen molar-refractivity contribution in [3.05, 3.63) is 23.4 Å². The van der Waals surface area contributed by atoms with E-state index in [1.165, 1.54) is 23.2 Å². The normalized spacial score (nSPS) is 23.5. The maximum atomic E-state index is 14.1. The molecule has 1 atom stereocenters. The van der Waals surface area contributed by atoms with Crippen LogP contribution >= 0.6 is 11.6 Å². The molecule has 9 heteroatoms. The molecule has 0 N–H and O–H groups in total. The van der Waals surface area contributed by atoms with Crippen LogP contribution in [0, 0.1) is 0 Å². The lowest BCUT2D eigenvalue weighted by molar-refractivity contribution is -0.142. The molecule has 0 spiro atoms. The van der Waals surface area contributed by atoms with Crippen LogP contribution in [0.15, 0.2) is 18.3 Å². The standard InChI is InChI=1S/C16H18ClF2N3O3/c17-11-4-5-13(20-8-11)25-15(24)21-9-12(7-16(18,19)10-21)22-6-2-1-3-14(22)23/h4-5,8,12H,1-3,6-7,9-10H2. The van der Waals surface area contributed by atoms with E-state index in [-0.39, 0.29) is 18.3 Å². The Bertz CT molecular complexity index is 657. The van der Waals surface area contributed by atoms with Crippen LogP contribution in [0.4, 0.5) is 13.6 Å². The molecule has 2 fully saturated rings. The summed E-state index contributed by atoms with van der Waals surface area (Å²) in [4.78, 5) is 30.5. The zero-order valence-corrected chi connectivity index (χ0v) is 14.2. The van der Waals surface area contributed by atoms with Crippen molar-refractivity contribution in [1.82, 2.24) is 14.8 Å². The highest BCUT2D eigenvalue weighted by molar-refractivity contribution is 6.30. The van der Waals surface area contributed by atoms with Crippen molar-refractivity contribution < 1.29 is 23.1 Å². The van der Waals surface area contributed by atoms with Gasteiger partial charge in [0.05, 0.1) is 17.6 Å². The van der Waals surface area contributed by atoms with Crippen LogP contribution in [0.25, 0.3) is 0 Å². The third kappa shape index (κ3) is 4.36. The third-order valence-electron chi connectivity index (χ3n) is 4.34. The second-order valence-electron chi connectivity index (χ2n) is 6.32. The van der Waals surface area contributed by atoms with Gasteiger partial charge in [-0.25, -0.2) is 18.6 Å². The zero-order chi connectivity index (χ0) is 18.0. The molecule has 2 aliphatic rings. The van der Waals surface area contributed by atoms with Crippen molar-refractivity contribution in [2.75, 3.05) is 19.6 Å².